The van der Waals surface area contributed by atoms with Gasteiger partial charge in [-0.1, -0.05) is 17.7 Å². The molecule has 0 fully saturated rings. The molecule has 0 unspecified atom stereocenters. The normalized spacial score (nSPS) is 13.4. The molecular formula is C16H15BrN2O. The molecule has 0 spiro atoms. The lowest BCUT2D eigenvalue weighted by Crippen LogP contribution is -2.29. The predicted molar refractivity (Wildman–Crippen MR) is 85.1 cm³/mol. The quantitative estimate of drug-likeness (QED) is 0.813. The second-order valence-electron chi connectivity index (χ2n) is 5.08. The monoisotopic (exact) mass is 330 g/mol. The average molecular weight is 331 g/mol. The Bertz CT molecular complexity index is 697. The van der Waals surface area contributed by atoms with E-state index in [9.17, 15) is 4.79 Å². The van der Waals surface area contributed by atoms with Crippen LogP contribution in [0.15, 0.2) is 40.9 Å². The topological polar surface area (TPSA) is 46.3 Å². The van der Waals surface area contributed by atoms with Crippen LogP contribution in [-0.2, 0) is 6.42 Å². The van der Waals surface area contributed by atoms with Gasteiger partial charge in [-0.05, 0) is 59.1 Å². The summed E-state index contributed by atoms with van der Waals surface area (Å²) in [7, 11) is 0. The van der Waals surface area contributed by atoms with Crippen molar-refractivity contribution in [3.63, 3.8) is 0 Å². The zero-order valence-electron chi connectivity index (χ0n) is 11.2. The Kier molecular flexibility index (Phi) is 3.26. The molecule has 0 saturated heterocycles. The van der Waals surface area contributed by atoms with Crippen molar-refractivity contribution in [3.8, 4) is 0 Å². The molecular weight excluding hydrogens is 316 g/mol. The summed E-state index contributed by atoms with van der Waals surface area (Å²) in [6, 6.07) is 11.6. The van der Waals surface area contributed by atoms with Crippen LogP contribution >= 0.6 is 15.9 Å². The van der Waals surface area contributed by atoms with E-state index >= 15 is 0 Å². The molecule has 2 aromatic carbocycles. The smallest absolute Gasteiger partial charge is 0.259 e. The molecule has 102 valence electrons. The maximum atomic E-state index is 12.7. The van der Waals surface area contributed by atoms with Crippen LogP contribution in [0.2, 0.25) is 0 Å². The lowest BCUT2D eigenvalue weighted by Gasteiger charge is -2.18. The second-order valence-corrected chi connectivity index (χ2v) is 5.93. The van der Waals surface area contributed by atoms with E-state index in [1.807, 2.05) is 48.2 Å². The molecule has 1 amide bonds. The number of rotatable bonds is 1. The van der Waals surface area contributed by atoms with Gasteiger partial charge in [-0.3, -0.25) is 4.79 Å². The zero-order valence-corrected chi connectivity index (χ0v) is 12.8. The number of nitrogens with zero attached hydrogens (tertiary/aromatic N) is 1. The Hall–Kier alpha value is -1.81. The zero-order chi connectivity index (χ0) is 14.3. The highest BCUT2D eigenvalue weighted by Gasteiger charge is 2.26. The Morgan fingerprint density at radius 3 is 2.85 bits per heavy atom. The summed E-state index contributed by atoms with van der Waals surface area (Å²) in [5, 5.41) is 0. The lowest BCUT2D eigenvalue weighted by molar-refractivity contribution is 0.0988. The number of carbonyl (C=O) groups excluding carboxylic acids is 1. The van der Waals surface area contributed by atoms with Crippen LogP contribution < -0.4 is 10.6 Å². The molecule has 0 atom stereocenters. The van der Waals surface area contributed by atoms with Crippen molar-refractivity contribution in [3.05, 3.63) is 57.6 Å². The highest BCUT2D eigenvalue weighted by molar-refractivity contribution is 9.10. The van der Waals surface area contributed by atoms with Gasteiger partial charge < -0.3 is 10.6 Å². The van der Waals surface area contributed by atoms with Crippen LogP contribution in [0, 0.1) is 6.92 Å². The van der Waals surface area contributed by atoms with Gasteiger partial charge in [-0.2, -0.15) is 0 Å². The minimum absolute atomic E-state index is 0.0184. The van der Waals surface area contributed by atoms with Crippen molar-refractivity contribution in [1.82, 2.24) is 0 Å². The number of halogens is 1. The summed E-state index contributed by atoms with van der Waals surface area (Å²) in [6.07, 6.45) is 0.880. The summed E-state index contributed by atoms with van der Waals surface area (Å²) in [5.41, 5.74) is 10.4. The first-order valence-corrected chi connectivity index (χ1v) is 7.32. The summed E-state index contributed by atoms with van der Waals surface area (Å²) in [4.78, 5) is 14.6. The van der Waals surface area contributed by atoms with E-state index in [0.29, 0.717) is 17.8 Å². The molecule has 0 radical (unpaired) electrons. The van der Waals surface area contributed by atoms with Gasteiger partial charge >= 0.3 is 0 Å². The molecule has 1 aliphatic heterocycles. The van der Waals surface area contributed by atoms with E-state index in [1.165, 1.54) is 5.56 Å². The summed E-state index contributed by atoms with van der Waals surface area (Å²) >= 11 is 3.46. The molecule has 2 N–H and O–H groups in total. The number of hydrogen-bond donors (Lipinski definition) is 1. The van der Waals surface area contributed by atoms with E-state index < -0.39 is 0 Å². The first-order chi connectivity index (χ1) is 9.56. The molecule has 0 aromatic heterocycles. The Balaban J connectivity index is 2.01. The average Bonchev–Trinajstić information content (AvgIpc) is 2.83. The van der Waals surface area contributed by atoms with E-state index in [2.05, 4.69) is 15.9 Å². The summed E-state index contributed by atoms with van der Waals surface area (Å²) in [6.45, 7) is 2.69. The van der Waals surface area contributed by atoms with Crippen molar-refractivity contribution in [2.45, 2.75) is 13.3 Å². The fraction of sp³-hybridized carbons (Fsp3) is 0.188. The minimum Gasteiger partial charge on any atom is -0.399 e. The molecule has 3 nitrogen and oxygen atoms in total. The number of carbonyl (C=O) groups is 1. The van der Waals surface area contributed by atoms with Crippen LogP contribution in [0.25, 0.3) is 0 Å². The van der Waals surface area contributed by atoms with Crippen LogP contribution in [0.4, 0.5) is 11.4 Å². The summed E-state index contributed by atoms with van der Waals surface area (Å²) < 4.78 is 0.824. The number of nitrogens with two attached hydrogens (primary N) is 1. The van der Waals surface area contributed by atoms with Gasteiger partial charge in [0.15, 0.2) is 0 Å². The van der Waals surface area contributed by atoms with Crippen molar-refractivity contribution in [2.75, 3.05) is 17.2 Å². The van der Waals surface area contributed by atoms with Crippen LogP contribution in [0.1, 0.15) is 21.5 Å². The SMILES string of the molecule is Cc1ccc(Br)c(C(=O)N2CCc3ccc(N)cc32)c1. The van der Waals surface area contributed by atoms with Gasteiger partial charge in [-0.25, -0.2) is 0 Å². The van der Waals surface area contributed by atoms with Crippen LogP contribution in [-0.4, -0.2) is 12.5 Å². The van der Waals surface area contributed by atoms with Gasteiger partial charge in [0.2, 0.25) is 0 Å². The molecule has 3 rings (SSSR count). The van der Waals surface area contributed by atoms with Gasteiger partial charge in [0.1, 0.15) is 0 Å². The highest BCUT2D eigenvalue weighted by Crippen LogP contribution is 2.32. The van der Waals surface area contributed by atoms with E-state index in [4.69, 9.17) is 5.73 Å². The number of hydrogen-bond acceptors (Lipinski definition) is 2. The van der Waals surface area contributed by atoms with Crippen molar-refractivity contribution >= 4 is 33.2 Å². The van der Waals surface area contributed by atoms with Gasteiger partial charge in [0, 0.05) is 22.4 Å². The minimum atomic E-state index is 0.0184. The Morgan fingerprint density at radius 2 is 2.05 bits per heavy atom. The van der Waals surface area contributed by atoms with Crippen LogP contribution in [0.5, 0.6) is 0 Å². The lowest BCUT2D eigenvalue weighted by atomic mass is 10.1. The van der Waals surface area contributed by atoms with Gasteiger partial charge in [-0.15, -0.1) is 0 Å². The van der Waals surface area contributed by atoms with Crippen LogP contribution in [0.3, 0.4) is 0 Å². The van der Waals surface area contributed by atoms with E-state index in [0.717, 1.165) is 22.1 Å². The maximum Gasteiger partial charge on any atom is 0.259 e. The third-order valence-corrected chi connectivity index (χ3v) is 4.29. The fourth-order valence-electron chi connectivity index (χ4n) is 2.56. The largest absolute Gasteiger partial charge is 0.399 e. The summed E-state index contributed by atoms with van der Waals surface area (Å²) in [5.74, 6) is 0.0184. The van der Waals surface area contributed by atoms with Crippen molar-refractivity contribution < 1.29 is 4.79 Å². The molecule has 4 heteroatoms. The van der Waals surface area contributed by atoms with Crippen molar-refractivity contribution in [2.24, 2.45) is 0 Å². The third kappa shape index (κ3) is 2.20. The standard InChI is InChI=1S/C16H15BrN2O/c1-10-2-5-14(17)13(8-10)16(20)19-7-6-11-3-4-12(18)9-15(11)19/h2-5,8-9H,6-7,18H2,1H3. The van der Waals surface area contributed by atoms with E-state index in [1.54, 1.807) is 0 Å². The molecule has 2 aromatic rings. The number of benzene rings is 2. The molecule has 0 aliphatic carbocycles. The molecule has 20 heavy (non-hydrogen) atoms. The Morgan fingerprint density at radius 1 is 1.25 bits per heavy atom. The van der Waals surface area contributed by atoms with Gasteiger partial charge in [0.25, 0.3) is 5.91 Å². The number of nitrogen functional groups attached to an aromatic ring is 1. The predicted octanol–water partition coefficient (Wildman–Crippen LogP) is 3.54. The number of fused-ring (bicyclic) bond motifs is 1. The first kappa shape index (κ1) is 13.2. The number of anilines is 2. The van der Waals surface area contributed by atoms with Crippen molar-refractivity contribution in [1.29, 1.82) is 0 Å². The molecule has 1 heterocycles. The first-order valence-electron chi connectivity index (χ1n) is 6.52. The van der Waals surface area contributed by atoms with E-state index in [-0.39, 0.29) is 5.91 Å². The maximum absolute atomic E-state index is 12.7. The molecule has 1 aliphatic rings. The third-order valence-electron chi connectivity index (χ3n) is 3.60. The highest BCUT2D eigenvalue weighted by atomic mass is 79.9. The molecule has 0 bridgehead atoms. The fourth-order valence-corrected chi connectivity index (χ4v) is 2.97. The Labute approximate surface area is 126 Å². The molecule has 0 saturated carbocycles. The van der Waals surface area contributed by atoms with Gasteiger partial charge in [0.05, 0.1) is 5.56 Å². The number of aryl methyl sites for hydroxylation is 1. The number of amides is 1. The second kappa shape index (κ2) is 4.94.